The maximum atomic E-state index is 11.3. The molecular weight excluding hydrogens is 320 g/mol. The van der Waals surface area contributed by atoms with Gasteiger partial charge in [0.1, 0.15) is 5.78 Å². The molecule has 0 spiro atoms. The summed E-state index contributed by atoms with van der Waals surface area (Å²) in [5, 5.41) is 0.779. The van der Waals surface area contributed by atoms with Crippen molar-refractivity contribution >= 4 is 37.6 Å². The maximum absolute atomic E-state index is 11.3. The monoisotopic (exact) mass is 332 g/mol. The van der Waals surface area contributed by atoms with Crippen LogP contribution >= 0.6 is 31.9 Å². The summed E-state index contributed by atoms with van der Waals surface area (Å²) < 4.78 is 0. The highest BCUT2D eigenvalue weighted by Gasteiger charge is 2.16. The molecule has 1 atom stereocenters. The fourth-order valence-corrected chi connectivity index (χ4v) is 2.38. The molecule has 1 nitrogen and oxygen atoms in total. The third-order valence-corrected chi connectivity index (χ3v) is 4.13. The van der Waals surface area contributed by atoms with Crippen molar-refractivity contribution in [2.24, 2.45) is 0 Å². The molecule has 0 saturated carbocycles. The molecule has 0 amide bonds. The molecule has 0 heterocycles. The largest absolute Gasteiger partial charge is 0.298 e. The topological polar surface area (TPSA) is 17.1 Å². The quantitative estimate of drug-likeness (QED) is 0.756. The third kappa shape index (κ3) is 3.15. The number of aryl methyl sites for hydroxylation is 1. The number of halogens is 2. The standard InChI is InChI=1S/C12H14Br2O/c1-3-9-4-5-10(7-13)11(6-9)12(14)8(2)15/h4-6,12H,3,7H2,1-2H3. The minimum absolute atomic E-state index is 0.144. The zero-order chi connectivity index (χ0) is 11.4. The Morgan fingerprint density at radius 2 is 2.13 bits per heavy atom. The molecule has 82 valence electrons. The number of hydrogen-bond donors (Lipinski definition) is 0. The molecule has 0 aliphatic heterocycles. The number of carbonyl (C=O) groups is 1. The number of rotatable bonds is 4. The van der Waals surface area contributed by atoms with Crippen molar-refractivity contribution in [3.63, 3.8) is 0 Å². The van der Waals surface area contributed by atoms with Crippen LogP contribution < -0.4 is 0 Å². The number of Topliss-reactive ketones (excluding diaryl/α,β-unsaturated/α-hetero) is 1. The van der Waals surface area contributed by atoms with Crippen molar-refractivity contribution in [1.82, 2.24) is 0 Å². The van der Waals surface area contributed by atoms with Gasteiger partial charge in [0, 0.05) is 5.33 Å². The molecule has 1 aromatic carbocycles. The van der Waals surface area contributed by atoms with Gasteiger partial charge in [-0.25, -0.2) is 0 Å². The second kappa shape index (κ2) is 5.80. The summed E-state index contributed by atoms with van der Waals surface area (Å²) in [6, 6.07) is 6.30. The molecule has 0 N–H and O–H groups in total. The first kappa shape index (κ1) is 12.9. The highest BCUT2D eigenvalue weighted by molar-refractivity contribution is 9.09. The zero-order valence-electron chi connectivity index (χ0n) is 8.89. The molecule has 15 heavy (non-hydrogen) atoms. The van der Waals surface area contributed by atoms with E-state index in [1.165, 1.54) is 11.1 Å². The average molecular weight is 334 g/mol. The van der Waals surface area contributed by atoms with Gasteiger partial charge in [-0.1, -0.05) is 57.0 Å². The highest BCUT2D eigenvalue weighted by atomic mass is 79.9. The van der Waals surface area contributed by atoms with Gasteiger partial charge in [0.2, 0.25) is 0 Å². The summed E-state index contributed by atoms with van der Waals surface area (Å²) in [4.78, 5) is 11.2. The van der Waals surface area contributed by atoms with Gasteiger partial charge in [0.05, 0.1) is 4.83 Å². The minimum Gasteiger partial charge on any atom is -0.298 e. The summed E-state index contributed by atoms with van der Waals surface area (Å²) in [5.74, 6) is 0.144. The summed E-state index contributed by atoms with van der Waals surface area (Å²) >= 11 is 6.88. The smallest absolute Gasteiger partial charge is 0.147 e. The molecule has 0 aromatic heterocycles. The molecule has 1 unspecified atom stereocenters. The van der Waals surface area contributed by atoms with Crippen LogP contribution in [0.1, 0.15) is 35.4 Å². The predicted molar refractivity (Wildman–Crippen MR) is 70.8 cm³/mol. The predicted octanol–water partition coefficient (Wildman–Crippen LogP) is 4.17. The second-order valence-electron chi connectivity index (χ2n) is 3.49. The lowest BCUT2D eigenvalue weighted by molar-refractivity contribution is -0.116. The fourth-order valence-electron chi connectivity index (χ4n) is 1.44. The number of alkyl halides is 2. The van der Waals surface area contributed by atoms with Crippen LogP contribution in [0.2, 0.25) is 0 Å². The van der Waals surface area contributed by atoms with E-state index in [0.717, 1.165) is 17.3 Å². The van der Waals surface area contributed by atoms with Crippen LogP contribution in [0.4, 0.5) is 0 Å². The Morgan fingerprint density at radius 3 is 2.60 bits per heavy atom. The summed E-state index contributed by atoms with van der Waals surface area (Å²) in [6.07, 6.45) is 0.993. The molecule has 0 aliphatic rings. The Hall–Kier alpha value is -0.150. The van der Waals surface area contributed by atoms with Crippen molar-refractivity contribution in [1.29, 1.82) is 0 Å². The van der Waals surface area contributed by atoms with Gasteiger partial charge in [0.25, 0.3) is 0 Å². The molecule has 1 aromatic rings. The molecule has 1 rings (SSSR count). The number of carbonyl (C=O) groups excluding carboxylic acids is 1. The van der Waals surface area contributed by atoms with E-state index in [0.29, 0.717) is 0 Å². The summed E-state index contributed by atoms with van der Waals surface area (Å²) in [6.45, 7) is 3.72. The Kier molecular flexibility index (Phi) is 5.00. The number of ketones is 1. The fraction of sp³-hybridized carbons (Fsp3) is 0.417. The van der Waals surface area contributed by atoms with Crippen molar-refractivity contribution < 1.29 is 4.79 Å². The zero-order valence-corrected chi connectivity index (χ0v) is 12.1. The van der Waals surface area contributed by atoms with E-state index in [1.807, 2.05) is 0 Å². The van der Waals surface area contributed by atoms with Crippen LogP contribution in [-0.2, 0) is 16.5 Å². The number of benzene rings is 1. The van der Waals surface area contributed by atoms with Gasteiger partial charge in [0.15, 0.2) is 0 Å². The van der Waals surface area contributed by atoms with Gasteiger partial charge in [-0.2, -0.15) is 0 Å². The van der Waals surface area contributed by atoms with Crippen molar-refractivity contribution in [3.05, 3.63) is 34.9 Å². The Bertz CT molecular complexity index is 361. The summed E-state index contributed by atoms with van der Waals surface area (Å²) in [7, 11) is 0. The normalized spacial score (nSPS) is 12.5. The highest BCUT2D eigenvalue weighted by Crippen LogP contribution is 2.29. The molecule has 0 bridgehead atoms. The van der Waals surface area contributed by atoms with Crippen molar-refractivity contribution in [2.45, 2.75) is 30.4 Å². The van der Waals surface area contributed by atoms with Crippen LogP contribution in [0.15, 0.2) is 18.2 Å². The van der Waals surface area contributed by atoms with Crippen LogP contribution in [0.25, 0.3) is 0 Å². The van der Waals surface area contributed by atoms with E-state index in [1.54, 1.807) is 6.92 Å². The van der Waals surface area contributed by atoms with E-state index < -0.39 is 0 Å². The van der Waals surface area contributed by atoms with Gasteiger partial charge in [-0.05, 0) is 30.0 Å². The van der Waals surface area contributed by atoms with Crippen LogP contribution in [0.5, 0.6) is 0 Å². The molecular formula is C12H14Br2O. The lowest BCUT2D eigenvalue weighted by atomic mass is 10.00. The van der Waals surface area contributed by atoms with Gasteiger partial charge < -0.3 is 0 Å². The molecule has 0 radical (unpaired) electrons. The Balaban J connectivity index is 3.16. The molecule has 0 fully saturated rings. The Morgan fingerprint density at radius 1 is 1.47 bits per heavy atom. The van der Waals surface area contributed by atoms with Gasteiger partial charge in [-0.15, -0.1) is 0 Å². The van der Waals surface area contributed by atoms with Gasteiger partial charge in [-0.3, -0.25) is 4.79 Å². The van der Waals surface area contributed by atoms with E-state index in [4.69, 9.17) is 0 Å². The van der Waals surface area contributed by atoms with E-state index >= 15 is 0 Å². The van der Waals surface area contributed by atoms with Gasteiger partial charge >= 0.3 is 0 Å². The van der Waals surface area contributed by atoms with E-state index in [2.05, 4.69) is 57.0 Å². The Labute approximate surface area is 108 Å². The van der Waals surface area contributed by atoms with Crippen molar-refractivity contribution in [3.8, 4) is 0 Å². The van der Waals surface area contributed by atoms with E-state index in [9.17, 15) is 4.79 Å². The molecule has 0 aliphatic carbocycles. The first-order valence-electron chi connectivity index (χ1n) is 4.92. The third-order valence-electron chi connectivity index (χ3n) is 2.39. The maximum Gasteiger partial charge on any atom is 0.147 e. The second-order valence-corrected chi connectivity index (χ2v) is 4.97. The molecule has 3 heteroatoms. The first-order valence-corrected chi connectivity index (χ1v) is 6.96. The summed E-state index contributed by atoms with van der Waals surface area (Å²) in [5.41, 5.74) is 3.52. The SMILES string of the molecule is CCc1ccc(CBr)c(C(Br)C(C)=O)c1. The first-order chi connectivity index (χ1) is 7.10. The lowest BCUT2D eigenvalue weighted by Crippen LogP contribution is -2.04. The lowest BCUT2D eigenvalue weighted by Gasteiger charge is -2.12. The minimum atomic E-state index is -0.184. The van der Waals surface area contributed by atoms with Crippen LogP contribution in [0.3, 0.4) is 0 Å². The van der Waals surface area contributed by atoms with E-state index in [-0.39, 0.29) is 10.6 Å². The molecule has 0 saturated heterocycles. The average Bonchev–Trinajstić information content (AvgIpc) is 2.27. The number of hydrogen-bond acceptors (Lipinski definition) is 1. The van der Waals surface area contributed by atoms with Crippen molar-refractivity contribution in [2.75, 3.05) is 0 Å². The van der Waals surface area contributed by atoms with Crippen LogP contribution in [0, 0.1) is 0 Å². The van der Waals surface area contributed by atoms with Crippen LogP contribution in [-0.4, -0.2) is 5.78 Å².